The second kappa shape index (κ2) is 6.33. The van der Waals surface area contributed by atoms with Crippen LogP contribution in [0.1, 0.15) is 25.7 Å². The SMILES string of the molecule is CCCC(N)Cc1nc(-c2ccccc2OC)no1. The molecule has 1 aromatic carbocycles. The molecule has 1 heterocycles. The molecule has 5 heteroatoms. The molecule has 102 valence electrons. The maximum atomic E-state index is 5.97. The first-order chi connectivity index (χ1) is 9.24. The van der Waals surface area contributed by atoms with Crippen LogP contribution in [0.5, 0.6) is 5.75 Å². The Labute approximate surface area is 112 Å². The van der Waals surface area contributed by atoms with Crippen molar-refractivity contribution >= 4 is 0 Å². The van der Waals surface area contributed by atoms with E-state index in [-0.39, 0.29) is 6.04 Å². The quantitative estimate of drug-likeness (QED) is 0.864. The van der Waals surface area contributed by atoms with Crippen molar-refractivity contribution in [2.75, 3.05) is 7.11 Å². The number of rotatable bonds is 6. The Bertz CT molecular complexity index is 525. The first-order valence-corrected chi connectivity index (χ1v) is 6.46. The molecule has 0 saturated carbocycles. The zero-order chi connectivity index (χ0) is 13.7. The molecule has 1 aromatic heterocycles. The van der Waals surface area contributed by atoms with Gasteiger partial charge in [-0.15, -0.1) is 0 Å². The van der Waals surface area contributed by atoms with Gasteiger partial charge in [0.1, 0.15) is 5.75 Å². The van der Waals surface area contributed by atoms with E-state index in [1.807, 2.05) is 24.3 Å². The lowest BCUT2D eigenvalue weighted by atomic mass is 10.1. The fourth-order valence-corrected chi connectivity index (χ4v) is 1.97. The third kappa shape index (κ3) is 3.32. The maximum absolute atomic E-state index is 5.97. The van der Waals surface area contributed by atoms with Crippen molar-refractivity contribution in [1.82, 2.24) is 10.1 Å². The molecule has 0 radical (unpaired) electrons. The molecule has 0 fully saturated rings. The number of para-hydroxylation sites is 1. The number of methoxy groups -OCH3 is 1. The molecule has 2 rings (SSSR count). The van der Waals surface area contributed by atoms with Gasteiger partial charge in [0.2, 0.25) is 11.7 Å². The van der Waals surface area contributed by atoms with Crippen molar-refractivity contribution in [1.29, 1.82) is 0 Å². The normalized spacial score (nSPS) is 12.4. The van der Waals surface area contributed by atoms with Crippen molar-refractivity contribution in [3.8, 4) is 17.1 Å². The molecule has 0 saturated heterocycles. The van der Waals surface area contributed by atoms with Crippen LogP contribution in [0.3, 0.4) is 0 Å². The summed E-state index contributed by atoms with van der Waals surface area (Å²) in [4.78, 5) is 4.37. The molecule has 19 heavy (non-hydrogen) atoms. The molecule has 0 spiro atoms. The van der Waals surface area contributed by atoms with E-state index in [1.165, 1.54) is 0 Å². The van der Waals surface area contributed by atoms with Crippen LogP contribution in [0.4, 0.5) is 0 Å². The monoisotopic (exact) mass is 261 g/mol. The molecule has 5 nitrogen and oxygen atoms in total. The minimum atomic E-state index is 0.0657. The average Bonchev–Trinajstić information content (AvgIpc) is 2.87. The van der Waals surface area contributed by atoms with Crippen LogP contribution in [0.2, 0.25) is 0 Å². The van der Waals surface area contributed by atoms with E-state index in [0.717, 1.165) is 24.2 Å². The molecule has 2 N–H and O–H groups in total. The summed E-state index contributed by atoms with van der Waals surface area (Å²) in [6.07, 6.45) is 2.61. The summed E-state index contributed by atoms with van der Waals surface area (Å²) in [6, 6.07) is 7.65. The largest absolute Gasteiger partial charge is 0.496 e. The van der Waals surface area contributed by atoms with Crippen molar-refractivity contribution in [2.45, 2.75) is 32.2 Å². The van der Waals surface area contributed by atoms with Crippen molar-refractivity contribution in [2.24, 2.45) is 5.73 Å². The highest BCUT2D eigenvalue weighted by Crippen LogP contribution is 2.27. The van der Waals surface area contributed by atoms with Gasteiger partial charge in [-0.1, -0.05) is 30.6 Å². The molecule has 0 aliphatic heterocycles. The van der Waals surface area contributed by atoms with Crippen LogP contribution in [0.25, 0.3) is 11.4 Å². The van der Waals surface area contributed by atoms with Crippen molar-refractivity contribution in [3.63, 3.8) is 0 Å². The molecule has 0 bridgehead atoms. The van der Waals surface area contributed by atoms with Gasteiger partial charge in [0.25, 0.3) is 0 Å². The molecule has 1 atom stereocenters. The molecular weight excluding hydrogens is 242 g/mol. The van der Waals surface area contributed by atoms with E-state index >= 15 is 0 Å². The van der Waals surface area contributed by atoms with Gasteiger partial charge in [0, 0.05) is 12.5 Å². The number of benzene rings is 1. The van der Waals surface area contributed by atoms with Gasteiger partial charge in [0.05, 0.1) is 12.7 Å². The van der Waals surface area contributed by atoms with Crippen LogP contribution >= 0.6 is 0 Å². The van der Waals surface area contributed by atoms with Crippen LogP contribution in [-0.2, 0) is 6.42 Å². The number of hydrogen-bond donors (Lipinski definition) is 1. The molecular formula is C14H19N3O2. The Morgan fingerprint density at radius 2 is 2.16 bits per heavy atom. The highest BCUT2D eigenvalue weighted by Gasteiger charge is 2.14. The number of nitrogens with two attached hydrogens (primary N) is 1. The molecule has 0 aliphatic rings. The van der Waals surface area contributed by atoms with Crippen LogP contribution in [0.15, 0.2) is 28.8 Å². The number of hydrogen-bond acceptors (Lipinski definition) is 5. The molecule has 0 amide bonds. The van der Waals surface area contributed by atoms with Gasteiger partial charge in [-0.2, -0.15) is 4.98 Å². The van der Waals surface area contributed by atoms with E-state index in [2.05, 4.69) is 17.1 Å². The minimum absolute atomic E-state index is 0.0657. The maximum Gasteiger partial charge on any atom is 0.228 e. The predicted octanol–water partition coefficient (Wildman–Crippen LogP) is 2.42. The lowest BCUT2D eigenvalue weighted by Gasteiger charge is -2.05. The predicted molar refractivity (Wildman–Crippen MR) is 72.9 cm³/mol. The Hall–Kier alpha value is -1.88. The Kier molecular flexibility index (Phi) is 4.52. The summed E-state index contributed by atoms with van der Waals surface area (Å²) in [5.41, 5.74) is 6.79. The summed E-state index contributed by atoms with van der Waals surface area (Å²) >= 11 is 0. The highest BCUT2D eigenvalue weighted by molar-refractivity contribution is 5.63. The third-order valence-electron chi connectivity index (χ3n) is 2.91. The zero-order valence-corrected chi connectivity index (χ0v) is 11.3. The molecule has 2 aromatic rings. The smallest absolute Gasteiger partial charge is 0.228 e. The summed E-state index contributed by atoms with van der Waals surface area (Å²) < 4.78 is 10.5. The van der Waals surface area contributed by atoms with Gasteiger partial charge in [-0.05, 0) is 18.6 Å². The molecule has 0 aliphatic carbocycles. The summed E-state index contributed by atoms with van der Waals surface area (Å²) in [5.74, 6) is 1.84. The fourth-order valence-electron chi connectivity index (χ4n) is 1.97. The second-order valence-electron chi connectivity index (χ2n) is 4.46. The number of aromatic nitrogens is 2. The minimum Gasteiger partial charge on any atom is -0.496 e. The van der Waals surface area contributed by atoms with E-state index in [9.17, 15) is 0 Å². The van der Waals surface area contributed by atoms with Gasteiger partial charge in [-0.25, -0.2) is 0 Å². The van der Waals surface area contributed by atoms with E-state index in [0.29, 0.717) is 18.1 Å². The Balaban J connectivity index is 2.16. The van der Waals surface area contributed by atoms with E-state index in [4.69, 9.17) is 15.0 Å². The van der Waals surface area contributed by atoms with Gasteiger partial charge in [-0.3, -0.25) is 0 Å². The zero-order valence-electron chi connectivity index (χ0n) is 11.3. The number of ether oxygens (including phenoxy) is 1. The fraction of sp³-hybridized carbons (Fsp3) is 0.429. The lowest BCUT2D eigenvalue weighted by Crippen LogP contribution is -2.22. The third-order valence-corrected chi connectivity index (χ3v) is 2.91. The van der Waals surface area contributed by atoms with E-state index < -0.39 is 0 Å². The number of nitrogens with zero attached hydrogens (tertiary/aromatic N) is 2. The average molecular weight is 261 g/mol. The summed E-state index contributed by atoms with van der Waals surface area (Å²) in [7, 11) is 1.62. The Morgan fingerprint density at radius 3 is 2.89 bits per heavy atom. The van der Waals surface area contributed by atoms with Crippen LogP contribution < -0.4 is 10.5 Å². The summed E-state index contributed by atoms with van der Waals surface area (Å²) in [6.45, 7) is 2.11. The first-order valence-electron chi connectivity index (χ1n) is 6.46. The topological polar surface area (TPSA) is 74.2 Å². The summed E-state index contributed by atoms with van der Waals surface area (Å²) in [5, 5.41) is 3.99. The Morgan fingerprint density at radius 1 is 1.37 bits per heavy atom. The molecule has 1 unspecified atom stereocenters. The van der Waals surface area contributed by atoms with Crippen LogP contribution in [-0.4, -0.2) is 23.3 Å². The van der Waals surface area contributed by atoms with Gasteiger partial charge < -0.3 is 15.0 Å². The first kappa shape index (κ1) is 13.5. The van der Waals surface area contributed by atoms with Gasteiger partial charge >= 0.3 is 0 Å². The van der Waals surface area contributed by atoms with Crippen molar-refractivity contribution < 1.29 is 9.26 Å². The van der Waals surface area contributed by atoms with Crippen LogP contribution in [0, 0.1) is 0 Å². The lowest BCUT2D eigenvalue weighted by molar-refractivity contribution is 0.365. The van der Waals surface area contributed by atoms with Gasteiger partial charge in [0.15, 0.2) is 0 Å². The van der Waals surface area contributed by atoms with Crippen molar-refractivity contribution in [3.05, 3.63) is 30.2 Å². The standard InChI is InChI=1S/C14H19N3O2/c1-3-6-10(15)9-13-16-14(17-19-13)11-7-4-5-8-12(11)18-2/h4-5,7-8,10H,3,6,9,15H2,1-2H3. The highest BCUT2D eigenvalue weighted by atomic mass is 16.5. The second-order valence-corrected chi connectivity index (χ2v) is 4.46. The van der Waals surface area contributed by atoms with E-state index in [1.54, 1.807) is 7.11 Å².